The highest BCUT2D eigenvalue weighted by atomic mass is 79.9. The third kappa shape index (κ3) is 10.0. The monoisotopic (exact) mass is 930 g/mol. The van der Waals surface area contributed by atoms with Crippen LogP contribution in [0.1, 0.15) is 50.7 Å². The molecule has 0 aliphatic carbocycles. The van der Waals surface area contributed by atoms with Crippen molar-refractivity contribution >= 4 is 46.4 Å². The van der Waals surface area contributed by atoms with Crippen LogP contribution in [0, 0.1) is 0 Å². The first-order chi connectivity index (χ1) is 27.7. The minimum Gasteiger partial charge on any atom is -1.00 e. The van der Waals surface area contributed by atoms with Gasteiger partial charge in [0.05, 0.1) is 13.2 Å². The third-order valence-corrected chi connectivity index (χ3v) is 19.5. The fourth-order valence-electron chi connectivity index (χ4n) is 7.86. The summed E-state index contributed by atoms with van der Waals surface area (Å²) >= 11 is 0. The average molecular weight is 933 g/mol. The molecule has 7 aromatic carbocycles. The molecule has 2 nitrogen and oxygen atoms in total. The van der Waals surface area contributed by atoms with Crippen LogP contribution in [0.25, 0.3) is 0 Å². The van der Waals surface area contributed by atoms with Gasteiger partial charge >= 0.3 is 0 Å². The lowest BCUT2D eigenvalue weighted by molar-refractivity contribution is -0.001000. The maximum atomic E-state index is 6.96. The van der Waals surface area contributed by atoms with E-state index in [1.807, 2.05) is 0 Å². The van der Waals surface area contributed by atoms with Gasteiger partial charge in [-0.1, -0.05) is 136 Å². The zero-order valence-corrected chi connectivity index (χ0v) is 38.6. The first-order valence-corrected chi connectivity index (χ1v) is 24.1. The smallest absolute Gasteiger partial charge is 0.126 e. The Hall–Kier alpha value is -4.04. The number of unbranched alkanes of at least 4 members (excludes halogenated alkanes) is 2. The second kappa shape index (κ2) is 22.4. The van der Waals surface area contributed by atoms with Crippen LogP contribution in [-0.4, -0.2) is 13.2 Å². The molecule has 298 valence electrons. The average Bonchev–Trinajstić information content (AvgIpc) is 3.27. The first kappa shape index (κ1) is 45.1. The number of benzene rings is 7. The summed E-state index contributed by atoms with van der Waals surface area (Å²) in [4.78, 5) is 0. The van der Waals surface area contributed by atoms with Gasteiger partial charge in [0, 0.05) is 11.1 Å². The van der Waals surface area contributed by atoms with Gasteiger partial charge in [-0.2, -0.15) is 0 Å². The van der Waals surface area contributed by atoms with Crippen molar-refractivity contribution in [3.63, 3.8) is 0 Å². The number of hydrogen-bond donors (Lipinski definition) is 0. The largest absolute Gasteiger partial charge is 1.00 e. The van der Waals surface area contributed by atoms with Crippen LogP contribution >= 0.6 is 14.5 Å². The van der Waals surface area contributed by atoms with Crippen molar-refractivity contribution in [2.45, 2.75) is 51.9 Å². The Morgan fingerprint density at radius 1 is 0.345 bits per heavy atom. The quantitative estimate of drug-likeness (QED) is 0.0889. The van der Waals surface area contributed by atoms with Gasteiger partial charge < -0.3 is 43.4 Å². The highest BCUT2D eigenvalue weighted by Crippen LogP contribution is 2.62. The molecule has 0 unspecified atom stereocenters. The van der Waals surface area contributed by atoms with Crippen molar-refractivity contribution in [2.75, 3.05) is 13.2 Å². The Morgan fingerprint density at radius 2 is 0.569 bits per heavy atom. The van der Waals surface area contributed by atoms with E-state index in [9.17, 15) is 0 Å². The predicted molar refractivity (Wildman–Crippen MR) is 245 cm³/mol. The molecule has 0 fully saturated rings. The molecule has 0 radical (unpaired) electrons. The first-order valence-electron chi connectivity index (χ1n) is 20.2. The van der Waals surface area contributed by atoms with E-state index < -0.39 is 14.5 Å². The summed E-state index contributed by atoms with van der Waals surface area (Å²) in [5, 5.41) is 8.15. The summed E-state index contributed by atoms with van der Waals surface area (Å²) in [6.45, 7) is 5.80. The molecule has 0 heterocycles. The van der Waals surface area contributed by atoms with E-state index in [1.165, 1.54) is 43.0 Å². The molecule has 58 heavy (non-hydrogen) atoms. The topological polar surface area (TPSA) is 18.5 Å². The summed E-state index contributed by atoms with van der Waals surface area (Å²) in [6.07, 6.45) is 5.75. The zero-order valence-electron chi connectivity index (χ0n) is 33.6. The van der Waals surface area contributed by atoms with E-state index in [4.69, 9.17) is 9.47 Å². The fourth-order valence-corrected chi connectivity index (χ4v) is 16.3. The molecule has 0 saturated carbocycles. The van der Waals surface area contributed by atoms with E-state index in [2.05, 4.69) is 208 Å². The number of halogens is 2. The van der Waals surface area contributed by atoms with Crippen molar-refractivity contribution in [2.24, 2.45) is 0 Å². The second-order valence-corrected chi connectivity index (χ2v) is 21.4. The summed E-state index contributed by atoms with van der Waals surface area (Å²) < 4.78 is 13.9. The van der Waals surface area contributed by atoms with E-state index in [-0.39, 0.29) is 34.0 Å². The maximum absolute atomic E-state index is 6.96. The van der Waals surface area contributed by atoms with E-state index >= 15 is 0 Å². The Kier molecular flexibility index (Phi) is 17.4. The number of hydrogen-bond acceptors (Lipinski definition) is 2. The lowest BCUT2D eigenvalue weighted by Crippen LogP contribution is -3.00. The molecule has 0 saturated heterocycles. The predicted octanol–water partition coefficient (Wildman–Crippen LogP) is 5.04. The van der Waals surface area contributed by atoms with Crippen LogP contribution in [0.3, 0.4) is 0 Å². The molecule has 7 rings (SSSR count). The van der Waals surface area contributed by atoms with Gasteiger partial charge in [-0.25, -0.2) is 0 Å². The molecular formula is C52H54Br2O2P2. The summed E-state index contributed by atoms with van der Waals surface area (Å²) in [6, 6.07) is 71.8. The molecule has 0 spiro atoms. The molecule has 0 aliphatic heterocycles. The molecular weight excluding hydrogens is 878 g/mol. The van der Waals surface area contributed by atoms with E-state index in [1.54, 1.807) is 0 Å². The second-order valence-electron chi connectivity index (χ2n) is 14.4. The minimum atomic E-state index is -2.22. The Bertz CT molecular complexity index is 1870. The lowest BCUT2D eigenvalue weighted by Gasteiger charge is -2.30. The van der Waals surface area contributed by atoms with Gasteiger partial charge in [-0.3, -0.25) is 0 Å². The SMILES string of the molecule is CCCCOc1cc(C[P+](c2ccccc2)(c2ccccc2)c2ccccc2)c(OCCCC)cc1C[P+](c1ccccc1)(c1ccccc1)c1ccccc1.[Br-].[Br-]. The molecule has 6 heteroatoms. The third-order valence-electron chi connectivity index (χ3n) is 10.8. The minimum absolute atomic E-state index is 0. The van der Waals surface area contributed by atoms with Crippen LogP contribution in [0.5, 0.6) is 11.5 Å². The van der Waals surface area contributed by atoms with Crippen molar-refractivity contribution in [3.8, 4) is 11.5 Å². The Balaban J connectivity index is 0.00000320. The van der Waals surface area contributed by atoms with Gasteiger partial charge in [0.1, 0.15) is 70.2 Å². The van der Waals surface area contributed by atoms with Gasteiger partial charge in [-0.05, 0) is 97.8 Å². The summed E-state index contributed by atoms with van der Waals surface area (Å²) in [5.74, 6) is 1.94. The van der Waals surface area contributed by atoms with Crippen LogP contribution in [0.15, 0.2) is 194 Å². The molecule has 0 amide bonds. The van der Waals surface area contributed by atoms with Gasteiger partial charge in [0.25, 0.3) is 0 Å². The normalized spacial score (nSPS) is 11.2. The van der Waals surface area contributed by atoms with E-state index in [0.29, 0.717) is 13.2 Å². The zero-order chi connectivity index (χ0) is 38.5. The number of ether oxygens (including phenoxy) is 2. The maximum Gasteiger partial charge on any atom is 0.126 e. The Morgan fingerprint density at radius 3 is 0.776 bits per heavy atom. The van der Waals surface area contributed by atoms with Crippen molar-refractivity contribution in [1.82, 2.24) is 0 Å². The summed E-state index contributed by atoms with van der Waals surface area (Å²) in [5.41, 5.74) is 2.40. The highest BCUT2D eigenvalue weighted by molar-refractivity contribution is 7.95. The van der Waals surface area contributed by atoms with Crippen LogP contribution in [-0.2, 0) is 12.3 Å². The molecule has 0 atom stereocenters. The van der Waals surface area contributed by atoms with Crippen molar-refractivity contribution in [3.05, 3.63) is 205 Å². The molecule has 7 aromatic rings. The van der Waals surface area contributed by atoms with Crippen molar-refractivity contribution < 1.29 is 43.4 Å². The molecule has 0 aliphatic rings. The summed E-state index contributed by atoms with van der Waals surface area (Å²) in [7, 11) is -4.44. The van der Waals surface area contributed by atoms with E-state index in [0.717, 1.165) is 49.5 Å². The molecule has 0 N–H and O–H groups in total. The molecule has 0 bridgehead atoms. The molecule has 0 aromatic heterocycles. The van der Waals surface area contributed by atoms with Crippen LogP contribution in [0.2, 0.25) is 0 Å². The van der Waals surface area contributed by atoms with Gasteiger partial charge in [-0.15, -0.1) is 0 Å². The van der Waals surface area contributed by atoms with Gasteiger partial charge in [0.15, 0.2) is 0 Å². The fraction of sp³-hybridized carbons (Fsp3) is 0.192. The van der Waals surface area contributed by atoms with Gasteiger partial charge in [0.2, 0.25) is 0 Å². The lowest BCUT2D eigenvalue weighted by atomic mass is 10.1. The Labute approximate surface area is 369 Å². The highest BCUT2D eigenvalue weighted by Gasteiger charge is 2.48. The van der Waals surface area contributed by atoms with Crippen LogP contribution in [0.4, 0.5) is 0 Å². The van der Waals surface area contributed by atoms with Crippen LogP contribution < -0.4 is 75.3 Å². The standard InChI is InChI=1S/C52H54O2P2.2BrH/c1-3-5-37-53-51-39-44(42-56(48-31-19-10-20-32-48,49-33-21-11-22-34-49)50-35-23-12-24-36-50)52(54-38-6-4-2)40-43(51)41-55(45-25-13-7-14-26-45,46-27-15-8-16-28-46)47-29-17-9-18-30-47;;/h7-36,39-40H,3-6,37-38,41-42H2,1-2H3;2*1H/q+2;;/p-2. The number of rotatable bonds is 18. The van der Waals surface area contributed by atoms with Crippen molar-refractivity contribution in [1.29, 1.82) is 0 Å².